The zero-order chi connectivity index (χ0) is 19.4. The number of fused-ring (bicyclic) bond motifs is 1. The lowest BCUT2D eigenvalue weighted by Crippen LogP contribution is -2.41. The van der Waals surface area contributed by atoms with Gasteiger partial charge in [0.25, 0.3) is 11.5 Å². The van der Waals surface area contributed by atoms with Crippen LogP contribution in [0.3, 0.4) is 0 Å². The number of nitrogens with one attached hydrogen (secondary N) is 1. The maximum atomic E-state index is 12.7. The third-order valence-electron chi connectivity index (χ3n) is 4.44. The number of aliphatic hydroxyl groups is 1. The van der Waals surface area contributed by atoms with Crippen molar-refractivity contribution in [2.24, 2.45) is 0 Å². The Hall–Kier alpha value is -2.94. The van der Waals surface area contributed by atoms with Crippen LogP contribution in [0.4, 0.5) is 11.6 Å². The van der Waals surface area contributed by atoms with Crippen LogP contribution in [0.15, 0.2) is 29.1 Å². The Morgan fingerprint density at radius 3 is 2.63 bits per heavy atom. The number of amides is 1. The highest BCUT2D eigenvalue weighted by atomic mass is 16.5. The minimum absolute atomic E-state index is 0.201. The van der Waals surface area contributed by atoms with Crippen molar-refractivity contribution in [1.29, 1.82) is 0 Å². The highest BCUT2D eigenvalue weighted by Gasteiger charge is 2.27. The molecule has 2 aromatic rings. The van der Waals surface area contributed by atoms with E-state index in [-0.39, 0.29) is 12.3 Å². The smallest absolute Gasteiger partial charge is 0.286 e. The molecule has 2 heterocycles. The van der Waals surface area contributed by atoms with E-state index in [0.717, 1.165) is 11.4 Å². The molecule has 27 heavy (non-hydrogen) atoms. The summed E-state index contributed by atoms with van der Waals surface area (Å²) >= 11 is 0. The second-order valence-corrected chi connectivity index (χ2v) is 6.15. The average molecular weight is 373 g/mol. The molecule has 0 fully saturated rings. The number of aliphatic hydroxyl groups excluding tert-OH is 1. The number of benzene rings is 1. The van der Waals surface area contributed by atoms with E-state index in [2.05, 4.69) is 15.5 Å². The van der Waals surface area contributed by atoms with Gasteiger partial charge in [-0.25, -0.2) is 0 Å². The Bertz CT molecular complexity index is 861. The molecule has 9 heteroatoms. The largest absolute Gasteiger partial charge is 0.494 e. The number of hydrogen-bond donors (Lipinski definition) is 2. The molecular formula is C18H23N5O4. The third-order valence-corrected chi connectivity index (χ3v) is 4.44. The first-order valence-corrected chi connectivity index (χ1v) is 8.98. The summed E-state index contributed by atoms with van der Waals surface area (Å²) in [4.78, 5) is 26.8. The van der Waals surface area contributed by atoms with Crippen LogP contribution in [0, 0.1) is 0 Å². The molecule has 1 aromatic carbocycles. The molecule has 9 nitrogen and oxygen atoms in total. The Kier molecular flexibility index (Phi) is 5.70. The van der Waals surface area contributed by atoms with E-state index in [0.29, 0.717) is 32.1 Å². The Morgan fingerprint density at radius 2 is 2.00 bits per heavy atom. The third kappa shape index (κ3) is 3.77. The second-order valence-electron chi connectivity index (χ2n) is 6.15. The van der Waals surface area contributed by atoms with Gasteiger partial charge in [-0.3, -0.25) is 14.2 Å². The summed E-state index contributed by atoms with van der Waals surface area (Å²) in [5.74, 6) is 0.545. The summed E-state index contributed by atoms with van der Waals surface area (Å²) in [5.41, 5.74) is 0.111. The lowest BCUT2D eigenvalue weighted by Gasteiger charge is -2.17. The van der Waals surface area contributed by atoms with Crippen molar-refractivity contribution < 1.29 is 14.6 Å². The van der Waals surface area contributed by atoms with Crippen LogP contribution in [0.1, 0.15) is 30.8 Å². The number of hydrogen-bond acceptors (Lipinski definition) is 7. The normalized spacial score (nSPS) is 14.0. The lowest BCUT2D eigenvalue weighted by atomic mass is 10.2. The monoisotopic (exact) mass is 373 g/mol. The van der Waals surface area contributed by atoms with E-state index >= 15 is 0 Å². The predicted octanol–water partition coefficient (Wildman–Crippen LogP) is 0.689. The van der Waals surface area contributed by atoms with Crippen LogP contribution in [0.2, 0.25) is 0 Å². The summed E-state index contributed by atoms with van der Waals surface area (Å²) in [6.07, 6.45) is 0.549. The van der Waals surface area contributed by atoms with Gasteiger partial charge in [-0.1, -0.05) is 6.92 Å². The van der Waals surface area contributed by atoms with Gasteiger partial charge in [0.1, 0.15) is 5.75 Å². The molecule has 1 atom stereocenters. The summed E-state index contributed by atoms with van der Waals surface area (Å²) < 4.78 is 6.88. The van der Waals surface area contributed by atoms with Gasteiger partial charge in [-0.2, -0.15) is 0 Å². The maximum absolute atomic E-state index is 12.7. The number of anilines is 2. The van der Waals surface area contributed by atoms with Gasteiger partial charge < -0.3 is 20.1 Å². The summed E-state index contributed by atoms with van der Waals surface area (Å²) in [5, 5.41) is 19.8. The molecule has 0 saturated carbocycles. The van der Waals surface area contributed by atoms with Gasteiger partial charge in [0, 0.05) is 18.8 Å². The summed E-state index contributed by atoms with van der Waals surface area (Å²) in [6, 6.07) is 7.07. The van der Waals surface area contributed by atoms with E-state index < -0.39 is 17.5 Å². The highest BCUT2D eigenvalue weighted by molar-refractivity contribution is 5.92. The molecule has 0 bridgehead atoms. The first kappa shape index (κ1) is 18.8. The van der Waals surface area contributed by atoms with Crippen molar-refractivity contribution in [3.05, 3.63) is 40.3 Å². The van der Waals surface area contributed by atoms with Crippen LogP contribution >= 0.6 is 0 Å². The van der Waals surface area contributed by atoms with Crippen molar-refractivity contribution >= 4 is 17.5 Å². The number of ether oxygens (including phenoxy) is 1. The molecule has 1 amide bonds. The van der Waals surface area contributed by atoms with Gasteiger partial charge >= 0.3 is 0 Å². The van der Waals surface area contributed by atoms with E-state index in [4.69, 9.17) is 4.74 Å². The molecular weight excluding hydrogens is 350 g/mol. The first-order valence-electron chi connectivity index (χ1n) is 8.98. The number of rotatable bonds is 7. The molecule has 0 saturated heterocycles. The molecule has 1 aliphatic rings. The van der Waals surface area contributed by atoms with Gasteiger partial charge in [0.05, 0.1) is 19.3 Å². The molecule has 0 radical (unpaired) electrons. The zero-order valence-corrected chi connectivity index (χ0v) is 15.4. The van der Waals surface area contributed by atoms with Crippen molar-refractivity contribution in [2.75, 3.05) is 24.7 Å². The van der Waals surface area contributed by atoms with Crippen LogP contribution in [-0.2, 0) is 6.54 Å². The standard InChI is InChI=1S/C18H23N5O4/c1-3-12(11-24)19-16(25)15-17(26)23-10-9-22(18(23)21-20-15)13-5-7-14(8-6-13)27-4-2/h5-8,12,24H,3-4,9-11H2,1-2H3,(H,19,25)/t12-/m0/s1. The van der Waals surface area contributed by atoms with Gasteiger partial charge in [0.2, 0.25) is 11.6 Å². The van der Waals surface area contributed by atoms with Crippen molar-refractivity contribution in [2.45, 2.75) is 32.9 Å². The van der Waals surface area contributed by atoms with E-state index in [1.165, 1.54) is 4.57 Å². The van der Waals surface area contributed by atoms with Gasteiger partial charge in [0.15, 0.2) is 0 Å². The van der Waals surface area contributed by atoms with Crippen LogP contribution in [0.25, 0.3) is 0 Å². The lowest BCUT2D eigenvalue weighted by molar-refractivity contribution is 0.0906. The van der Waals surface area contributed by atoms with Crippen molar-refractivity contribution in [1.82, 2.24) is 20.1 Å². The van der Waals surface area contributed by atoms with Gasteiger partial charge in [-0.05, 0) is 37.6 Å². The Labute approximate surface area is 156 Å². The molecule has 144 valence electrons. The minimum Gasteiger partial charge on any atom is -0.494 e. The molecule has 3 rings (SSSR count). The Balaban J connectivity index is 1.85. The van der Waals surface area contributed by atoms with E-state index in [9.17, 15) is 14.7 Å². The summed E-state index contributed by atoms with van der Waals surface area (Å²) in [7, 11) is 0. The van der Waals surface area contributed by atoms with E-state index in [1.54, 1.807) is 0 Å². The van der Waals surface area contributed by atoms with Crippen LogP contribution < -0.4 is 20.5 Å². The minimum atomic E-state index is -0.622. The summed E-state index contributed by atoms with van der Waals surface area (Å²) in [6.45, 7) is 5.10. The number of carbonyl (C=O) groups excluding carboxylic acids is 1. The fourth-order valence-electron chi connectivity index (χ4n) is 2.92. The molecule has 0 unspecified atom stereocenters. The molecule has 1 aliphatic heterocycles. The Morgan fingerprint density at radius 1 is 1.26 bits per heavy atom. The van der Waals surface area contributed by atoms with Gasteiger partial charge in [-0.15, -0.1) is 10.2 Å². The maximum Gasteiger partial charge on any atom is 0.286 e. The first-order chi connectivity index (χ1) is 13.1. The topological polar surface area (TPSA) is 110 Å². The molecule has 0 spiro atoms. The van der Waals surface area contributed by atoms with Crippen LogP contribution in [-0.4, -0.2) is 51.6 Å². The molecule has 0 aliphatic carbocycles. The average Bonchev–Trinajstić information content (AvgIpc) is 3.12. The van der Waals surface area contributed by atoms with Crippen molar-refractivity contribution in [3.8, 4) is 5.75 Å². The fourth-order valence-corrected chi connectivity index (χ4v) is 2.92. The van der Waals surface area contributed by atoms with Crippen molar-refractivity contribution in [3.63, 3.8) is 0 Å². The molecule has 1 aromatic heterocycles. The zero-order valence-electron chi connectivity index (χ0n) is 15.4. The fraction of sp³-hybridized carbons (Fsp3) is 0.444. The molecule has 2 N–H and O–H groups in total. The number of carbonyl (C=O) groups is 1. The number of aromatic nitrogens is 3. The van der Waals surface area contributed by atoms with E-state index in [1.807, 2.05) is 43.0 Å². The van der Waals surface area contributed by atoms with Crippen LogP contribution in [0.5, 0.6) is 5.75 Å². The predicted molar refractivity (Wildman–Crippen MR) is 99.5 cm³/mol. The SMILES string of the molecule is CCOc1ccc(N2CCn3c2nnc(C(=O)N[C@@H](CC)CO)c3=O)cc1. The highest BCUT2D eigenvalue weighted by Crippen LogP contribution is 2.28. The number of nitrogens with zero attached hydrogens (tertiary/aromatic N) is 4. The quantitative estimate of drug-likeness (QED) is 0.735. The second kappa shape index (κ2) is 8.17.